The monoisotopic (exact) mass is 294 g/mol. The minimum atomic E-state index is -0.143. The molecule has 1 aliphatic rings. The molecule has 0 saturated heterocycles. The van der Waals surface area contributed by atoms with E-state index in [4.69, 9.17) is 11.6 Å². The summed E-state index contributed by atoms with van der Waals surface area (Å²) >= 11 is 6.12. The Morgan fingerprint density at radius 1 is 1.30 bits per heavy atom. The summed E-state index contributed by atoms with van der Waals surface area (Å²) in [5.41, 5.74) is 1.02. The van der Waals surface area contributed by atoms with Gasteiger partial charge in [0.25, 0.3) is 0 Å². The van der Waals surface area contributed by atoms with E-state index in [-0.39, 0.29) is 30.2 Å². The molecule has 0 spiro atoms. The lowest BCUT2D eigenvalue weighted by molar-refractivity contribution is -0.126. The summed E-state index contributed by atoms with van der Waals surface area (Å²) in [7, 11) is 0. The number of carbonyl (C=O) groups is 2. The average molecular weight is 295 g/mol. The van der Waals surface area contributed by atoms with Gasteiger partial charge in [0.1, 0.15) is 0 Å². The van der Waals surface area contributed by atoms with Gasteiger partial charge in [0.2, 0.25) is 11.8 Å². The molecule has 0 aliphatic heterocycles. The first-order valence-corrected chi connectivity index (χ1v) is 7.30. The Kier molecular flexibility index (Phi) is 5.01. The van der Waals surface area contributed by atoms with Crippen molar-refractivity contribution in [1.29, 1.82) is 0 Å². The first kappa shape index (κ1) is 14.9. The lowest BCUT2D eigenvalue weighted by Gasteiger charge is -2.06. The molecule has 1 fully saturated rings. The molecule has 2 rings (SSSR count). The average Bonchev–Trinajstić information content (AvgIpc) is 3.23. The second-order valence-electron chi connectivity index (χ2n) is 5.04. The fourth-order valence-electron chi connectivity index (χ4n) is 2.23. The van der Waals surface area contributed by atoms with E-state index < -0.39 is 0 Å². The van der Waals surface area contributed by atoms with Gasteiger partial charge in [-0.05, 0) is 30.4 Å². The van der Waals surface area contributed by atoms with E-state index in [9.17, 15) is 9.59 Å². The summed E-state index contributed by atoms with van der Waals surface area (Å²) in [6.45, 7) is 2.67. The van der Waals surface area contributed by atoms with Crippen molar-refractivity contribution >= 4 is 23.4 Å². The predicted octanol–water partition coefficient (Wildman–Crippen LogP) is 2.09. The van der Waals surface area contributed by atoms with Crippen LogP contribution in [0.15, 0.2) is 24.3 Å². The minimum absolute atomic E-state index is 0.0462. The van der Waals surface area contributed by atoms with Crippen LogP contribution in [0.2, 0.25) is 5.02 Å². The molecule has 0 heterocycles. The van der Waals surface area contributed by atoms with E-state index in [1.54, 1.807) is 0 Å². The molecule has 1 aromatic carbocycles. The molecule has 2 amide bonds. The first-order valence-electron chi connectivity index (χ1n) is 6.92. The van der Waals surface area contributed by atoms with Gasteiger partial charge in [-0.2, -0.15) is 0 Å². The van der Waals surface area contributed by atoms with Crippen LogP contribution in [0.5, 0.6) is 0 Å². The highest BCUT2D eigenvalue weighted by Gasteiger charge is 2.44. The van der Waals surface area contributed by atoms with Crippen LogP contribution >= 0.6 is 11.6 Å². The molecule has 0 radical (unpaired) electrons. The number of benzene rings is 1. The minimum Gasteiger partial charge on any atom is -0.355 e. The zero-order valence-electron chi connectivity index (χ0n) is 11.5. The molecule has 4 nitrogen and oxygen atoms in total. The van der Waals surface area contributed by atoms with Gasteiger partial charge < -0.3 is 10.6 Å². The number of hydrogen-bond donors (Lipinski definition) is 2. The van der Waals surface area contributed by atoms with Crippen molar-refractivity contribution in [3.8, 4) is 0 Å². The van der Waals surface area contributed by atoms with Gasteiger partial charge in [0.05, 0.1) is 6.54 Å². The molecule has 1 aromatic rings. The molecule has 5 heteroatoms. The summed E-state index contributed by atoms with van der Waals surface area (Å²) in [4.78, 5) is 23.4. The summed E-state index contributed by atoms with van der Waals surface area (Å²) in [6, 6.07) is 7.59. The normalized spacial score (nSPS) is 20.3. The lowest BCUT2D eigenvalue weighted by atomic mass is 10.1. The van der Waals surface area contributed by atoms with E-state index in [0.717, 1.165) is 18.4 Å². The third-order valence-corrected chi connectivity index (χ3v) is 3.77. The van der Waals surface area contributed by atoms with Gasteiger partial charge in [-0.3, -0.25) is 9.59 Å². The highest BCUT2D eigenvalue weighted by molar-refractivity contribution is 6.31. The Labute approximate surface area is 123 Å². The summed E-state index contributed by atoms with van der Waals surface area (Å²) in [5, 5.41) is 6.10. The third kappa shape index (κ3) is 3.73. The van der Waals surface area contributed by atoms with Crippen LogP contribution in [-0.4, -0.2) is 24.9 Å². The van der Waals surface area contributed by atoms with Crippen molar-refractivity contribution in [2.45, 2.75) is 25.7 Å². The Morgan fingerprint density at radius 3 is 2.75 bits per heavy atom. The summed E-state index contributed by atoms with van der Waals surface area (Å²) < 4.78 is 0. The van der Waals surface area contributed by atoms with Gasteiger partial charge in [0, 0.05) is 17.5 Å². The largest absolute Gasteiger partial charge is 0.355 e. The Balaban J connectivity index is 1.79. The predicted molar refractivity (Wildman–Crippen MR) is 78.6 cm³/mol. The smallest absolute Gasteiger partial charge is 0.239 e. The van der Waals surface area contributed by atoms with Crippen LogP contribution in [0.1, 0.15) is 31.2 Å². The van der Waals surface area contributed by atoms with Crippen LogP contribution in [-0.2, 0) is 9.59 Å². The molecular formula is C15H19ClN2O2. The standard InChI is InChI=1S/C15H19ClN2O2/c1-2-7-17-14(19)9-18-15(20)12-8-11(12)10-5-3-4-6-13(10)16/h3-6,11-12H,2,7-9H2,1H3,(H,17,19)(H,18,20). The second kappa shape index (κ2) is 6.75. The molecular weight excluding hydrogens is 276 g/mol. The van der Waals surface area contributed by atoms with Gasteiger partial charge in [-0.25, -0.2) is 0 Å². The number of rotatable bonds is 6. The van der Waals surface area contributed by atoms with Crippen molar-refractivity contribution in [3.63, 3.8) is 0 Å². The first-order chi connectivity index (χ1) is 9.63. The van der Waals surface area contributed by atoms with Gasteiger partial charge in [0.15, 0.2) is 0 Å². The molecule has 0 aromatic heterocycles. The lowest BCUT2D eigenvalue weighted by Crippen LogP contribution is -2.37. The number of hydrogen-bond acceptors (Lipinski definition) is 2. The maximum atomic E-state index is 11.9. The van der Waals surface area contributed by atoms with Crippen molar-refractivity contribution < 1.29 is 9.59 Å². The van der Waals surface area contributed by atoms with Gasteiger partial charge in [-0.1, -0.05) is 36.7 Å². The van der Waals surface area contributed by atoms with E-state index in [1.165, 1.54) is 0 Å². The Morgan fingerprint density at radius 2 is 2.05 bits per heavy atom. The topological polar surface area (TPSA) is 58.2 Å². The van der Waals surface area contributed by atoms with Crippen molar-refractivity contribution in [1.82, 2.24) is 10.6 Å². The molecule has 1 saturated carbocycles. The summed E-state index contributed by atoms with van der Waals surface area (Å²) in [6.07, 6.45) is 1.68. The van der Waals surface area contributed by atoms with Gasteiger partial charge in [-0.15, -0.1) is 0 Å². The van der Waals surface area contributed by atoms with Crippen molar-refractivity contribution in [2.75, 3.05) is 13.1 Å². The second-order valence-corrected chi connectivity index (χ2v) is 5.45. The van der Waals surface area contributed by atoms with E-state index in [2.05, 4.69) is 10.6 Å². The maximum absolute atomic E-state index is 11.9. The summed E-state index contributed by atoms with van der Waals surface area (Å²) in [5.74, 6) is -0.0898. The fraction of sp³-hybridized carbons (Fsp3) is 0.467. The molecule has 2 N–H and O–H groups in total. The van der Waals surface area contributed by atoms with E-state index in [0.29, 0.717) is 11.6 Å². The van der Waals surface area contributed by atoms with E-state index >= 15 is 0 Å². The van der Waals surface area contributed by atoms with Crippen molar-refractivity contribution in [3.05, 3.63) is 34.9 Å². The van der Waals surface area contributed by atoms with Crippen LogP contribution in [0.25, 0.3) is 0 Å². The van der Waals surface area contributed by atoms with Crippen LogP contribution in [0, 0.1) is 5.92 Å². The quantitative estimate of drug-likeness (QED) is 0.844. The zero-order chi connectivity index (χ0) is 14.5. The van der Waals surface area contributed by atoms with E-state index in [1.807, 2.05) is 31.2 Å². The van der Waals surface area contributed by atoms with Crippen LogP contribution in [0.4, 0.5) is 0 Å². The zero-order valence-corrected chi connectivity index (χ0v) is 12.2. The molecule has 108 valence electrons. The van der Waals surface area contributed by atoms with Crippen LogP contribution in [0.3, 0.4) is 0 Å². The maximum Gasteiger partial charge on any atom is 0.239 e. The number of carbonyl (C=O) groups excluding carboxylic acids is 2. The van der Waals surface area contributed by atoms with Crippen LogP contribution < -0.4 is 10.6 Å². The Bertz CT molecular complexity index is 504. The molecule has 2 atom stereocenters. The highest BCUT2D eigenvalue weighted by atomic mass is 35.5. The fourth-order valence-corrected chi connectivity index (χ4v) is 2.51. The molecule has 20 heavy (non-hydrogen) atoms. The molecule has 1 aliphatic carbocycles. The highest BCUT2D eigenvalue weighted by Crippen LogP contribution is 2.49. The van der Waals surface area contributed by atoms with Crippen molar-refractivity contribution in [2.24, 2.45) is 5.92 Å². The number of halogens is 1. The molecule has 0 bridgehead atoms. The molecule has 2 unspecified atom stereocenters. The third-order valence-electron chi connectivity index (χ3n) is 3.43. The SMILES string of the molecule is CCCNC(=O)CNC(=O)C1CC1c1ccccc1Cl. The number of nitrogens with one attached hydrogen (secondary N) is 2. The number of amides is 2. The van der Waals surface area contributed by atoms with Gasteiger partial charge >= 0.3 is 0 Å². The Hall–Kier alpha value is -1.55.